The van der Waals surface area contributed by atoms with Gasteiger partial charge in [0.25, 0.3) is 5.97 Å². The molecule has 0 aliphatic rings. The Morgan fingerprint density at radius 3 is 2.30 bits per heavy atom. The average molecular weight is 180 g/mol. The van der Waals surface area contributed by atoms with Gasteiger partial charge in [-0.15, -0.1) is 5.10 Å². The predicted octanol–water partition coefficient (Wildman–Crippen LogP) is 0.742. The molecule has 0 aromatic carbocycles. The largest absolute Gasteiger partial charge is 0.481 e. The van der Waals surface area contributed by atoms with E-state index in [1.165, 1.54) is 11.5 Å². The van der Waals surface area contributed by atoms with Gasteiger partial charge in [-0.25, -0.2) is 0 Å². The Morgan fingerprint density at radius 1 is 1.70 bits per heavy atom. The minimum atomic E-state index is -0.833. The fourth-order valence-electron chi connectivity index (χ4n) is 0.136. The molecule has 0 aliphatic heterocycles. The Labute approximate surface area is 69.5 Å². The summed E-state index contributed by atoms with van der Waals surface area (Å²) in [4.78, 5) is 9.00. The first-order chi connectivity index (χ1) is 4.23. The lowest BCUT2D eigenvalue weighted by Crippen LogP contribution is -1.78. The minimum Gasteiger partial charge on any atom is -0.481 e. The maximum atomic E-state index is 9.00. The van der Waals surface area contributed by atoms with E-state index in [0.29, 0.717) is 0 Å². The van der Waals surface area contributed by atoms with Gasteiger partial charge in [0.1, 0.15) is 0 Å². The molecule has 58 valence electrons. The van der Waals surface area contributed by atoms with E-state index >= 15 is 0 Å². The highest BCUT2D eigenvalue weighted by Crippen LogP contribution is 1.78. The van der Waals surface area contributed by atoms with Crippen LogP contribution in [0.2, 0.25) is 0 Å². The van der Waals surface area contributed by atoms with E-state index in [0.717, 1.165) is 6.92 Å². The van der Waals surface area contributed by atoms with Crippen molar-refractivity contribution in [2.24, 2.45) is 0 Å². The lowest BCUT2D eigenvalue weighted by atomic mass is 10.9. The van der Waals surface area contributed by atoms with E-state index in [2.05, 4.69) is 9.59 Å². The van der Waals surface area contributed by atoms with Gasteiger partial charge in [0.2, 0.25) is 0 Å². The van der Waals surface area contributed by atoms with E-state index < -0.39 is 5.97 Å². The summed E-state index contributed by atoms with van der Waals surface area (Å²) in [6.45, 7) is 1.08. The predicted molar refractivity (Wildman–Crippen MR) is 43.6 cm³/mol. The first-order valence-corrected chi connectivity index (χ1v) is 2.97. The van der Waals surface area contributed by atoms with Crippen molar-refractivity contribution in [1.29, 1.82) is 0 Å². The second-order valence-electron chi connectivity index (χ2n) is 1.11. The zero-order chi connectivity index (χ0) is 7.11. The summed E-state index contributed by atoms with van der Waals surface area (Å²) >= 11 is 1.35. The van der Waals surface area contributed by atoms with E-state index in [1.807, 2.05) is 5.38 Å². The molecule has 0 saturated heterocycles. The fraction of sp³-hybridized carbons (Fsp3) is 0.250. The number of hydrogen-bond donors (Lipinski definition) is 1. The number of carbonyl (C=O) groups is 1. The molecule has 1 aromatic rings. The average Bonchev–Trinajstić information content (AvgIpc) is 2.11. The van der Waals surface area contributed by atoms with Crippen molar-refractivity contribution in [3.05, 3.63) is 11.6 Å². The molecule has 0 amide bonds. The zero-order valence-corrected chi connectivity index (χ0v) is 7.13. The molecule has 1 rings (SSSR count). The highest BCUT2D eigenvalue weighted by molar-refractivity contribution is 7.59. The molecule has 0 atom stereocenters. The van der Waals surface area contributed by atoms with Gasteiger partial charge in [-0.1, -0.05) is 4.49 Å². The van der Waals surface area contributed by atoms with Crippen molar-refractivity contribution in [2.45, 2.75) is 6.92 Å². The molecule has 0 bridgehead atoms. The van der Waals surface area contributed by atoms with Crippen LogP contribution >= 0.6 is 25.0 Å². The molecule has 1 aromatic heterocycles. The molecule has 1 heterocycles. The maximum absolute atomic E-state index is 9.00. The summed E-state index contributed by atoms with van der Waals surface area (Å²) in [5, 5.41) is 12.7. The van der Waals surface area contributed by atoms with Crippen molar-refractivity contribution in [3.8, 4) is 0 Å². The molecule has 0 saturated carbocycles. The number of hydrogen-bond acceptors (Lipinski definition) is 4. The summed E-state index contributed by atoms with van der Waals surface area (Å²) in [7, 11) is 0. The number of carboxylic acids is 1. The van der Waals surface area contributed by atoms with Gasteiger partial charge in [-0.05, 0) is 11.5 Å². The van der Waals surface area contributed by atoms with Crippen molar-refractivity contribution in [2.75, 3.05) is 0 Å². The summed E-state index contributed by atoms with van der Waals surface area (Å²) in [6.07, 6.45) is 1.66. The smallest absolute Gasteiger partial charge is 0.300 e. The maximum Gasteiger partial charge on any atom is 0.300 e. The number of rotatable bonds is 0. The van der Waals surface area contributed by atoms with Crippen molar-refractivity contribution < 1.29 is 9.90 Å². The molecule has 6 heteroatoms. The molecular formula is C4H8N2O2S2. The number of aromatic nitrogens is 2. The lowest BCUT2D eigenvalue weighted by molar-refractivity contribution is -0.134. The fourth-order valence-corrected chi connectivity index (χ4v) is 0.408. The van der Waals surface area contributed by atoms with Gasteiger partial charge in [0.05, 0.1) is 6.20 Å². The molecule has 0 aliphatic carbocycles. The van der Waals surface area contributed by atoms with Crippen molar-refractivity contribution >= 4 is 31.0 Å². The van der Waals surface area contributed by atoms with Gasteiger partial charge >= 0.3 is 0 Å². The van der Waals surface area contributed by atoms with Crippen LogP contribution in [0.1, 0.15) is 6.92 Å². The van der Waals surface area contributed by atoms with E-state index in [9.17, 15) is 0 Å². The standard InChI is InChI=1S/C2H2N2S.C2H4O2.H2S/c1-2-5-4-3-1;1-2(3)4;/h1-2H;1H3,(H,3,4);1H2. The molecular weight excluding hydrogens is 172 g/mol. The Hall–Kier alpha value is -0.620. The second kappa shape index (κ2) is 8.38. The normalized spacial score (nSPS) is 6.50. The van der Waals surface area contributed by atoms with Gasteiger partial charge in [-0.3, -0.25) is 4.79 Å². The van der Waals surface area contributed by atoms with Crippen LogP contribution in [0, 0.1) is 0 Å². The van der Waals surface area contributed by atoms with Gasteiger partial charge in [0, 0.05) is 12.3 Å². The van der Waals surface area contributed by atoms with Crippen LogP contribution in [0.5, 0.6) is 0 Å². The topological polar surface area (TPSA) is 63.1 Å². The monoisotopic (exact) mass is 180 g/mol. The SMILES string of the molecule is CC(=O)O.S.c1csnn1. The molecule has 0 unspecified atom stereocenters. The lowest BCUT2D eigenvalue weighted by Gasteiger charge is -1.59. The number of carboxylic acid groups (broad SMARTS) is 1. The first-order valence-electron chi connectivity index (χ1n) is 2.14. The van der Waals surface area contributed by atoms with Gasteiger partial charge < -0.3 is 5.11 Å². The summed E-state index contributed by atoms with van der Waals surface area (Å²) < 4.78 is 3.51. The Bertz CT molecular complexity index is 133. The Kier molecular flexibility index (Phi) is 10.1. The van der Waals surface area contributed by atoms with Gasteiger partial charge in [-0.2, -0.15) is 13.5 Å². The van der Waals surface area contributed by atoms with Crippen LogP contribution in [0.4, 0.5) is 0 Å². The molecule has 1 N–H and O–H groups in total. The van der Waals surface area contributed by atoms with Crippen LogP contribution in [0.3, 0.4) is 0 Å². The number of aliphatic carboxylic acids is 1. The molecule has 4 nitrogen and oxygen atoms in total. The third-order valence-electron chi connectivity index (χ3n) is 0.283. The van der Waals surface area contributed by atoms with Crippen LogP contribution in [0.15, 0.2) is 11.6 Å². The van der Waals surface area contributed by atoms with Gasteiger partial charge in [0.15, 0.2) is 0 Å². The Balaban J connectivity index is 0. The van der Waals surface area contributed by atoms with Crippen molar-refractivity contribution in [1.82, 2.24) is 9.59 Å². The zero-order valence-electron chi connectivity index (χ0n) is 5.31. The van der Waals surface area contributed by atoms with Crippen LogP contribution in [0.25, 0.3) is 0 Å². The summed E-state index contributed by atoms with van der Waals surface area (Å²) in [5.74, 6) is -0.833. The quantitative estimate of drug-likeness (QED) is 0.639. The molecule has 10 heavy (non-hydrogen) atoms. The second-order valence-corrected chi connectivity index (χ2v) is 1.75. The molecule has 0 radical (unpaired) electrons. The third kappa shape index (κ3) is 15.7. The third-order valence-corrected chi connectivity index (χ3v) is 0.715. The van der Waals surface area contributed by atoms with Crippen LogP contribution < -0.4 is 0 Å². The van der Waals surface area contributed by atoms with Crippen LogP contribution in [-0.4, -0.2) is 20.7 Å². The minimum absolute atomic E-state index is 0. The van der Waals surface area contributed by atoms with Crippen LogP contribution in [-0.2, 0) is 4.79 Å². The highest BCUT2D eigenvalue weighted by atomic mass is 32.1. The summed E-state index contributed by atoms with van der Waals surface area (Å²) in [6, 6.07) is 0. The van der Waals surface area contributed by atoms with E-state index in [1.54, 1.807) is 6.20 Å². The molecule has 0 fully saturated rings. The number of nitrogens with zero attached hydrogens (tertiary/aromatic N) is 2. The Morgan fingerprint density at radius 2 is 2.20 bits per heavy atom. The van der Waals surface area contributed by atoms with E-state index in [4.69, 9.17) is 9.90 Å². The van der Waals surface area contributed by atoms with E-state index in [-0.39, 0.29) is 13.5 Å². The molecule has 0 spiro atoms. The summed E-state index contributed by atoms with van der Waals surface area (Å²) in [5.41, 5.74) is 0. The highest BCUT2D eigenvalue weighted by Gasteiger charge is 1.65. The van der Waals surface area contributed by atoms with Crippen molar-refractivity contribution in [3.63, 3.8) is 0 Å². The first kappa shape index (κ1) is 12.1.